The minimum atomic E-state index is -4.79. The zero-order valence-electron chi connectivity index (χ0n) is 23.7. The summed E-state index contributed by atoms with van der Waals surface area (Å²) in [6.45, 7) is 11.5. The second-order valence-electron chi connectivity index (χ2n) is 13.4. The molecule has 0 saturated heterocycles. The number of fused-ring (bicyclic) bond motifs is 5. The third-order valence-electron chi connectivity index (χ3n) is 11.6. The van der Waals surface area contributed by atoms with Crippen LogP contribution in [-0.2, 0) is 23.9 Å². The molecular weight excluding hydrogens is 497 g/mol. The summed E-state index contributed by atoms with van der Waals surface area (Å²) in [7, 11) is 0. The Morgan fingerprint density at radius 2 is 1.50 bits per heavy atom. The highest BCUT2D eigenvalue weighted by atomic mass is 19.4. The average molecular weight is 543 g/mol. The third-order valence-corrected chi connectivity index (χ3v) is 11.6. The molecule has 4 unspecified atom stereocenters. The average Bonchev–Trinajstić information content (AvgIpc) is 3.16. The molecule has 4 fully saturated rings. The van der Waals surface area contributed by atoms with Crippen molar-refractivity contribution in [2.45, 2.75) is 118 Å². The number of halogens is 3. The summed E-state index contributed by atoms with van der Waals surface area (Å²) in [5, 5.41) is 0. The van der Waals surface area contributed by atoms with Crippen LogP contribution in [0.4, 0.5) is 13.2 Å². The predicted molar refractivity (Wildman–Crippen MR) is 136 cm³/mol. The van der Waals surface area contributed by atoms with Gasteiger partial charge in [0.25, 0.3) is 0 Å². The second-order valence-corrected chi connectivity index (χ2v) is 13.4. The molecule has 4 saturated carbocycles. The van der Waals surface area contributed by atoms with Crippen LogP contribution >= 0.6 is 0 Å². The fraction of sp³-hybridized carbons (Fsp3) is 0.900. The van der Waals surface area contributed by atoms with Gasteiger partial charge in [-0.3, -0.25) is 14.4 Å². The molecule has 0 N–H and O–H groups in total. The van der Waals surface area contributed by atoms with Gasteiger partial charge in [0.1, 0.15) is 12.2 Å². The van der Waals surface area contributed by atoms with Crippen LogP contribution in [0.2, 0.25) is 0 Å². The zero-order chi connectivity index (χ0) is 28.2. The molecule has 4 aliphatic carbocycles. The molecule has 0 spiro atoms. The number of carbonyl (C=O) groups excluding carboxylic acids is 3. The number of carbonyl (C=O) groups is 3. The standard InChI is InChI=1S/C30H45F3O5/c1-7-20-24-15-19(37-17(3)34)10-12-29(24,6)23-11-13-28(5)21(16(2)14-25(36)30(31,32)33)8-9-22(28)26(23)27(20)38-18(4)35/h16,19-24,26-27H,7-15H2,1-6H3/t16-,19-,20-,21-,22?,23?,24+,26?,27?,28-,29-/m1/s1. The largest absolute Gasteiger partial charge is 0.463 e. The molecule has 0 heterocycles. The number of rotatable bonds is 6. The molecule has 0 aromatic carbocycles. The van der Waals surface area contributed by atoms with Gasteiger partial charge in [0, 0.05) is 26.2 Å². The van der Waals surface area contributed by atoms with E-state index in [-0.39, 0.29) is 70.5 Å². The Hall–Kier alpha value is -1.60. The molecule has 0 aliphatic heterocycles. The van der Waals surface area contributed by atoms with Gasteiger partial charge in [0.05, 0.1) is 0 Å². The predicted octanol–water partition coefficient (Wildman–Crippen LogP) is 6.91. The van der Waals surface area contributed by atoms with Crippen LogP contribution in [0.25, 0.3) is 0 Å². The zero-order valence-corrected chi connectivity index (χ0v) is 23.7. The highest BCUT2D eigenvalue weighted by molar-refractivity contribution is 5.84. The van der Waals surface area contributed by atoms with Gasteiger partial charge in [-0.1, -0.05) is 27.7 Å². The number of esters is 2. The van der Waals surface area contributed by atoms with Crippen molar-refractivity contribution >= 4 is 17.7 Å². The van der Waals surface area contributed by atoms with Crippen molar-refractivity contribution in [3.8, 4) is 0 Å². The molecule has 38 heavy (non-hydrogen) atoms. The Labute approximate surface area is 225 Å². The van der Waals surface area contributed by atoms with Crippen LogP contribution < -0.4 is 0 Å². The van der Waals surface area contributed by atoms with Crippen molar-refractivity contribution in [3.63, 3.8) is 0 Å². The van der Waals surface area contributed by atoms with E-state index >= 15 is 0 Å². The molecule has 11 atom stereocenters. The Morgan fingerprint density at radius 3 is 2.08 bits per heavy atom. The van der Waals surface area contributed by atoms with Crippen molar-refractivity contribution in [2.24, 2.45) is 52.3 Å². The monoisotopic (exact) mass is 542 g/mol. The Kier molecular flexibility index (Phi) is 8.06. The molecule has 0 aromatic rings. The maximum Gasteiger partial charge on any atom is 0.449 e. The van der Waals surface area contributed by atoms with Gasteiger partial charge in [0.15, 0.2) is 0 Å². The highest BCUT2D eigenvalue weighted by Gasteiger charge is 2.66. The number of ketones is 1. The fourth-order valence-corrected chi connectivity index (χ4v) is 10.1. The van der Waals surface area contributed by atoms with E-state index in [4.69, 9.17) is 9.47 Å². The number of hydrogen-bond acceptors (Lipinski definition) is 5. The van der Waals surface area contributed by atoms with Gasteiger partial charge >= 0.3 is 18.1 Å². The molecular formula is C30H45F3O5. The summed E-state index contributed by atoms with van der Waals surface area (Å²) >= 11 is 0. The highest BCUT2D eigenvalue weighted by Crippen LogP contribution is 2.70. The van der Waals surface area contributed by atoms with E-state index in [9.17, 15) is 27.6 Å². The number of alkyl halides is 3. The number of Topliss-reactive ketones (excluding diaryl/α,β-unsaturated/α-hetero) is 1. The molecule has 8 heteroatoms. The van der Waals surface area contributed by atoms with Crippen molar-refractivity contribution in [1.29, 1.82) is 0 Å². The van der Waals surface area contributed by atoms with E-state index < -0.39 is 18.4 Å². The molecule has 216 valence electrons. The summed E-state index contributed by atoms with van der Waals surface area (Å²) in [5.74, 6) is -1.40. The van der Waals surface area contributed by atoms with E-state index in [2.05, 4.69) is 20.8 Å². The molecule has 5 nitrogen and oxygen atoms in total. The van der Waals surface area contributed by atoms with Crippen molar-refractivity contribution in [2.75, 3.05) is 0 Å². The topological polar surface area (TPSA) is 69.7 Å². The first-order valence-electron chi connectivity index (χ1n) is 14.6. The first-order valence-corrected chi connectivity index (χ1v) is 14.6. The number of hydrogen-bond donors (Lipinski definition) is 0. The molecule has 4 aliphatic rings. The van der Waals surface area contributed by atoms with Crippen LogP contribution in [0.15, 0.2) is 0 Å². The SMILES string of the molecule is CC[C@H]1C(OC(C)=O)C2C3CC[C@H]([C@H](C)CC(=O)C(F)(F)F)[C@@]3(C)CCC2[C@@]2(C)CC[C@@H](OC(C)=O)C[C@@H]12. The summed E-state index contributed by atoms with van der Waals surface area (Å²) in [6.07, 6.45) is 1.29. The van der Waals surface area contributed by atoms with Crippen LogP contribution in [0, 0.1) is 52.3 Å². The second kappa shape index (κ2) is 10.4. The van der Waals surface area contributed by atoms with E-state index in [1.54, 1.807) is 6.92 Å². The van der Waals surface area contributed by atoms with Crippen LogP contribution in [-0.4, -0.2) is 36.1 Å². The van der Waals surface area contributed by atoms with Crippen LogP contribution in [0.5, 0.6) is 0 Å². The van der Waals surface area contributed by atoms with Gasteiger partial charge in [-0.15, -0.1) is 0 Å². The van der Waals surface area contributed by atoms with E-state index in [0.29, 0.717) is 5.92 Å². The maximum atomic E-state index is 13.1. The van der Waals surface area contributed by atoms with Gasteiger partial charge < -0.3 is 9.47 Å². The van der Waals surface area contributed by atoms with Crippen molar-refractivity contribution in [3.05, 3.63) is 0 Å². The van der Waals surface area contributed by atoms with Crippen molar-refractivity contribution in [1.82, 2.24) is 0 Å². The molecule has 0 amide bonds. The molecule has 4 rings (SSSR count). The van der Waals surface area contributed by atoms with Crippen LogP contribution in [0.3, 0.4) is 0 Å². The quantitative estimate of drug-likeness (QED) is 0.341. The first-order chi connectivity index (χ1) is 17.6. The van der Waals surface area contributed by atoms with Crippen molar-refractivity contribution < 1.29 is 37.0 Å². The Morgan fingerprint density at radius 1 is 0.895 bits per heavy atom. The van der Waals surface area contributed by atoms with E-state index in [1.807, 2.05) is 0 Å². The summed E-state index contributed by atoms with van der Waals surface area (Å²) in [5.41, 5.74) is -0.169. The minimum absolute atomic E-state index is 0.0237. The van der Waals surface area contributed by atoms with Gasteiger partial charge in [0.2, 0.25) is 5.78 Å². The molecule has 0 aromatic heterocycles. The summed E-state index contributed by atoms with van der Waals surface area (Å²) in [4.78, 5) is 36.0. The van der Waals surface area contributed by atoms with Gasteiger partial charge in [-0.25, -0.2) is 0 Å². The fourth-order valence-electron chi connectivity index (χ4n) is 10.1. The molecule has 0 bridgehead atoms. The molecule has 0 radical (unpaired) electrons. The summed E-state index contributed by atoms with van der Waals surface area (Å²) in [6, 6.07) is 0. The van der Waals surface area contributed by atoms with Crippen LogP contribution in [0.1, 0.15) is 99.3 Å². The first kappa shape index (κ1) is 29.4. The lowest BCUT2D eigenvalue weighted by molar-refractivity contribution is -0.219. The lowest BCUT2D eigenvalue weighted by atomic mass is 9.41. The normalized spacial score (nSPS) is 43.3. The minimum Gasteiger partial charge on any atom is -0.463 e. The Balaban J connectivity index is 1.67. The van der Waals surface area contributed by atoms with E-state index in [1.165, 1.54) is 13.8 Å². The maximum absolute atomic E-state index is 13.1. The summed E-state index contributed by atoms with van der Waals surface area (Å²) < 4.78 is 51.1. The number of ether oxygens (including phenoxy) is 2. The van der Waals surface area contributed by atoms with Gasteiger partial charge in [-0.2, -0.15) is 13.2 Å². The Bertz CT molecular complexity index is 933. The van der Waals surface area contributed by atoms with Gasteiger partial charge in [-0.05, 0) is 97.7 Å². The third kappa shape index (κ3) is 5.02. The van der Waals surface area contributed by atoms with E-state index in [0.717, 1.165) is 51.4 Å². The lowest BCUT2D eigenvalue weighted by Crippen LogP contribution is -2.63. The lowest BCUT2D eigenvalue weighted by Gasteiger charge is -2.65. The smallest absolute Gasteiger partial charge is 0.449 e.